The zero-order valence-electron chi connectivity index (χ0n) is 10.0. The van der Waals surface area contributed by atoms with Crippen LogP contribution in [0.4, 0.5) is 5.69 Å². The van der Waals surface area contributed by atoms with Crippen molar-refractivity contribution in [2.75, 3.05) is 23.9 Å². The summed E-state index contributed by atoms with van der Waals surface area (Å²) < 4.78 is 0. The van der Waals surface area contributed by atoms with Crippen molar-refractivity contribution in [3.8, 4) is 11.8 Å². The molecule has 0 unspecified atom stereocenters. The molecule has 1 aromatic rings. The molecular weight excluding hydrogens is 232 g/mol. The van der Waals surface area contributed by atoms with Crippen molar-refractivity contribution in [1.82, 2.24) is 0 Å². The van der Waals surface area contributed by atoms with Crippen LogP contribution >= 0.6 is 11.8 Å². The molecule has 90 valence electrons. The van der Waals surface area contributed by atoms with Crippen LogP contribution in [0.3, 0.4) is 0 Å². The lowest BCUT2D eigenvalue weighted by atomic mass is 10.1. The van der Waals surface area contributed by atoms with Gasteiger partial charge in [0, 0.05) is 11.3 Å². The predicted molar refractivity (Wildman–Crippen MR) is 74.1 cm³/mol. The second-order valence-electron chi connectivity index (χ2n) is 3.52. The fraction of sp³-hybridized carbons (Fsp3) is 0.308. The molecule has 1 aromatic carbocycles. The molecule has 0 aliphatic carbocycles. The van der Waals surface area contributed by atoms with Crippen molar-refractivity contribution < 1.29 is 4.79 Å². The summed E-state index contributed by atoms with van der Waals surface area (Å²) >= 11 is 1.50. The molecule has 0 heterocycles. The second kappa shape index (κ2) is 7.00. The number of thioether (sulfide) groups is 1. The molecule has 17 heavy (non-hydrogen) atoms. The standard InChI is InChI=1S/C13H16N2OS/c1-10-8-11(4-3-7-14)5-6-12(10)15-13(16)9-17-2/h5-6,8H,7,9,14H2,1-2H3,(H,15,16). The highest BCUT2D eigenvalue weighted by molar-refractivity contribution is 7.99. The SMILES string of the molecule is CSCC(=O)Nc1ccc(C#CCN)cc1C. The summed E-state index contributed by atoms with van der Waals surface area (Å²) in [6, 6.07) is 5.69. The van der Waals surface area contributed by atoms with Crippen molar-refractivity contribution in [3.63, 3.8) is 0 Å². The van der Waals surface area contributed by atoms with Gasteiger partial charge in [-0.3, -0.25) is 4.79 Å². The van der Waals surface area contributed by atoms with Gasteiger partial charge in [-0.05, 0) is 36.9 Å². The first kappa shape index (κ1) is 13.6. The molecule has 0 bridgehead atoms. The van der Waals surface area contributed by atoms with Crippen LogP contribution in [-0.4, -0.2) is 24.5 Å². The number of aryl methyl sites for hydroxylation is 1. The number of rotatable bonds is 3. The van der Waals surface area contributed by atoms with E-state index in [1.165, 1.54) is 11.8 Å². The number of amides is 1. The molecule has 0 aliphatic heterocycles. The third-order valence-electron chi connectivity index (χ3n) is 2.11. The zero-order chi connectivity index (χ0) is 12.7. The molecule has 0 aromatic heterocycles. The predicted octanol–water partition coefficient (Wildman–Crippen LogP) is 1.61. The van der Waals surface area contributed by atoms with E-state index < -0.39 is 0 Å². The van der Waals surface area contributed by atoms with E-state index >= 15 is 0 Å². The van der Waals surface area contributed by atoms with Crippen molar-refractivity contribution in [2.45, 2.75) is 6.92 Å². The van der Waals surface area contributed by atoms with Crippen LogP contribution in [0.25, 0.3) is 0 Å². The molecule has 0 saturated carbocycles. The van der Waals surface area contributed by atoms with Gasteiger partial charge < -0.3 is 11.1 Å². The maximum Gasteiger partial charge on any atom is 0.234 e. The molecule has 1 rings (SSSR count). The van der Waals surface area contributed by atoms with Gasteiger partial charge in [-0.15, -0.1) is 0 Å². The Morgan fingerprint density at radius 2 is 2.29 bits per heavy atom. The third-order valence-corrected chi connectivity index (χ3v) is 2.66. The second-order valence-corrected chi connectivity index (χ2v) is 4.38. The minimum absolute atomic E-state index is 0.0152. The topological polar surface area (TPSA) is 55.1 Å². The zero-order valence-corrected chi connectivity index (χ0v) is 10.9. The minimum atomic E-state index is 0.0152. The normalized spacial score (nSPS) is 9.35. The van der Waals surface area contributed by atoms with E-state index in [1.54, 1.807) is 0 Å². The van der Waals surface area contributed by atoms with Crippen LogP contribution in [0.2, 0.25) is 0 Å². The molecular formula is C13H16N2OS. The molecule has 0 spiro atoms. The Hall–Kier alpha value is -1.44. The van der Waals surface area contributed by atoms with E-state index in [-0.39, 0.29) is 5.91 Å². The average molecular weight is 248 g/mol. The maximum absolute atomic E-state index is 11.4. The maximum atomic E-state index is 11.4. The number of hydrogen-bond acceptors (Lipinski definition) is 3. The summed E-state index contributed by atoms with van der Waals surface area (Å²) in [5.41, 5.74) is 8.06. The molecule has 0 radical (unpaired) electrons. The Bertz CT molecular complexity index is 460. The van der Waals surface area contributed by atoms with Crippen molar-refractivity contribution in [3.05, 3.63) is 29.3 Å². The van der Waals surface area contributed by atoms with Gasteiger partial charge in [0.05, 0.1) is 12.3 Å². The Balaban J connectivity index is 2.79. The fourth-order valence-electron chi connectivity index (χ4n) is 1.35. The average Bonchev–Trinajstić information content (AvgIpc) is 2.30. The number of anilines is 1. The van der Waals surface area contributed by atoms with Crippen LogP contribution in [0, 0.1) is 18.8 Å². The van der Waals surface area contributed by atoms with Crippen LogP contribution in [0.5, 0.6) is 0 Å². The highest BCUT2D eigenvalue weighted by atomic mass is 32.2. The summed E-state index contributed by atoms with van der Waals surface area (Å²) in [7, 11) is 0. The highest BCUT2D eigenvalue weighted by Crippen LogP contribution is 2.16. The van der Waals surface area contributed by atoms with Crippen molar-refractivity contribution >= 4 is 23.4 Å². The van der Waals surface area contributed by atoms with E-state index in [9.17, 15) is 4.79 Å². The summed E-state index contributed by atoms with van der Waals surface area (Å²) in [5.74, 6) is 6.24. The Morgan fingerprint density at radius 1 is 1.53 bits per heavy atom. The van der Waals surface area contributed by atoms with Gasteiger partial charge in [0.1, 0.15) is 0 Å². The molecule has 1 amide bonds. The summed E-state index contributed by atoms with van der Waals surface area (Å²) in [4.78, 5) is 11.4. The number of hydrogen-bond donors (Lipinski definition) is 2. The van der Waals surface area contributed by atoms with Crippen LogP contribution in [0.15, 0.2) is 18.2 Å². The van der Waals surface area contributed by atoms with E-state index in [2.05, 4.69) is 17.2 Å². The van der Waals surface area contributed by atoms with Gasteiger partial charge in [-0.1, -0.05) is 11.8 Å². The van der Waals surface area contributed by atoms with Gasteiger partial charge in [0.25, 0.3) is 0 Å². The van der Waals surface area contributed by atoms with Gasteiger partial charge in [-0.25, -0.2) is 0 Å². The molecule has 0 atom stereocenters. The van der Waals surface area contributed by atoms with Crippen LogP contribution < -0.4 is 11.1 Å². The first-order valence-electron chi connectivity index (χ1n) is 5.25. The van der Waals surface area contributed by atoms with Gasteiger partial charge in [0.2, 0.25) is 5.91 Å². The molecule has 0 fully saturated rings. The van der Waals surface area contributed by atoms with Crippen LogP contribution in [0.1, 0.15) is 11.1 Å². The van der Waals surface area contributed by atoms with E-state index in [1.807, 2.05) is 31.4 Å². The first-order chi connectivity index (χ1) is 8.17. The number of nitrogens with two attached hydrogens (primary N) is 1. The Labute approximate surface area is 106 Å². The summed E-state index contributed by atoms with van der Waals surface area (Å²) in [6.45, 7) is 2.30. The smallest absolute Gasteiger partial charge is 0.234 e. The Morgan fingerprint density at radius 3 is 2.88 bits per heavy atom. The number of nitrogens with one attached hydrogen (secondary N) is 1. The summed E-state index contributed by atoms with van der Waals surface area (Å²) in [5, 5.41) is 2.86. The third kappa shape index (κ3) is 4.51. The monoisotopic (exact) mass is 248 g/mol. The lowest BCUT2D eigenvalue weighted by Gasteiger charge is -2.07. The van der Waals surface area contributed by atoms with Gasteiger partial charge in [0.15, 0.2) is 0 Å². The number of carbonyl (C=O) groups is 1. The summed E-state index contributed by atoms with van der Waals surface area (Å²) in [6.07, 6.45) is 1.90. The quantitative estimate of drug-likeness (QED) is 0.799. The van der Waals surface area contributed by atoms with E-state index in [0.29, 0.717) is 12.3 Å². The molecule has 3 N–H and O–H groups in total. The molecule has 3 nitrogen and oxygen atoms in total. The van der Waals surface area contributed by atoms with Gasteiger partial charge >= 0.3 is 0 Å². The highest BCUT2D eigenvalue weighted by Gasteiger charge is 2.03. The van der Waals surface area contributed by atoms with Crippen molar-refractivity contribution in [2.24, 2.45) is 5.73 Å². The molecule has 0 saturated heterocycles. The van der Waals surface area contributed by atoms with Crippen molar-refractivity contribution in [1.29, 1.82) is 0 Å². The first-order valence-corrected chi connectivity index (χ1v) is 6.65. The fourth-order valence-corrected chi connectivity index (χ4v) is 1.69. The lowest BCUT2D eigenvalue weighted by molar-refractivity contribution is -0.113. The number of benzene rings is 1. The van der Waals surface area contributed by atoms with E-state index in [4.69, 9.17) is 5.73 Å². The van der Waals surface area contributed by atoms with Gasteiger partial charge in [-0.2, -0.15) is 11.8 Å². The molecule has 4 heteroatoms. The minimum Gasteiger partial charge on any atom is -0.325 e. The lowest BCUT2D eigenvalue weighted by Crippen LogP contribution is -2.14. The molecule has 0 aliphatic rings. The van der Waals surface area contributed by atoms with E-state index in [0.717, 1.165) is 16.8 Å². The Kier molecular flexibility index (Phi) is 5.61. The number of carbonyl (C=O) groups excluding carboxylic acids is 1. The van der Waals surface area contributed by atoms with Crippen LogP contribution in [-0.2, 0) is 4.79 Å². The largest absolute Gasteiger partial charge is 0.325 e.